The Morgan fingerprint density at radius 3 is 0.788 bits per heavy atom. The van der Waals surface area contributed by atoms with Gasteiger partial charge in [-0.05, 0) is 120 Å². The Morgan fingerprint density at radius 2 is 0.485 bits per heavy atom. The number of hydrogen-bond acceptors (Lipinski definition) is 6. The lowest BCUT2D eigenvalue weighted by molar-refractivity contribution is 0.584. The number of hydrogen-bond donors (Lipinski definition) is 0. The van der Waals surface area contributed by atoms with E-state index in [1.165, 1.54) is 21.8 Å². The number of fused-ring (bicyclic) bond motifs is 12. The van der Waals surface area contributed by atoms with Crippen LogP contribution in [0.4, 0.5) is 0 Å². The molecule has 0 bridgehead atoms. The van der Waals surface area contributed by atoms with Crippen molar-refractivity contribution in [3.05, 3.63) is 158 Å². The van der Waals surface area contributed by atoms with Gasteiger partial charge in [-0.25, -0.2) is 0 Å². The number of aryl methyl sites for hydroxylation is 4. The molecular formula is C56H38N8O2. The van der Waals surface area contributed by atoms with Crippen LogP contribution in [0.3, 0.4) is 0 Å². The van der Waals surface area contributed by atoms with Crippen LogP contribution in [0.25, 0.3) is 144 Å². The predicted molar refractivity (Wildman–Crippen MR) is 265 cm³/mol. The first-order chi connectivity index (χ1) is 32.3. The first kappa shape index (κ1) is 36.7. The van der Waals surface area contributed by atoms with Gasteiger partial charge in [0.15, 0.2) is 0 Å². The van der Waals surface area contributed by atoms with E-state index in [1.807, 2.05) is 0 Å². The van der Waals surface area contributed by atoms with E-state index in [9.17, 15) is 0 Å². The fraction of sp³-hybridized carbons (Fsp3) is 0.0714. The zero-order valence-corrected chi connectivity index (χ0v) is 36.4. The largest absolute Gasteiger partial charge is 0.416 e. The monoisotopic (exact) mass is 854 g/mol. The molecule has 8 aromatic carbocycles. The van der Waals surface area contributed by atoms with Gasteiger partial charge in [0.1, 0.15) is 0 Å². The van der Waals surface area contributed by atoms with E-state index in [1.54, 1.807) is 0 Å². The third-order valence-electron chi connectivity index (χ3n) is 14.0. The van der Waals surface area contributed by atoms with Gasteiger partial charge in [-0.15, -0.1) is 20.4 Å². The molecule has 10 heteroatoms. The zero-order valence-electron chi connectivity index (χ0n) is 36.4. The van der Waals surface area contributed by atoms with Gasteiger partial charge in [-0.1, -0.05) is 48.5 Å². The second-order valence-electron chi connectivity index (χ2n) is 17.5. The molecule has 0 aliphatic rings. The van der Waals surface area contributed by atoms with Crippen LogP contribution < -0.4 is 0 Å². The van der Waals surface area contributed by atoms with Crippen molar-refractivity contribution in [1.82, 2.24) is 38.7 Å². The van der Waals surface area contributed by atoms with Crippen LogP contribution in [0.2, 0.25) is 0 Å². The van der Waals surface area contributed by atoms with Gasteiger partial charge in [-0.3, -0.25) is 0 Å². The van der Waals surface area contributed by atoms with Crippen molar-refractivity contribution in [3.8, 4) is 56.9 Å². The summed E-state index contributed by atoms with van der Waals surface area (Å²) in [6.45, 7) is 0. The van der Waals surface area contributed by atoms with Crippen LogP contribution in [-0.4, -0.2) is 38.7 Å². The van der Waals surface area contributed by atoms with E-state index in [4.69, 9.17) is 8.83 Å². The molecule has 0 N–H and O–H groups in total. The SMILES string of the molecule is Cn1c2ccccc2c2cc(-c3nnc(-c4ccc5c(c4)c4cc(-c6ccc7c(c6)c6cc(-c8nnc(-c9ccc%10c(c9)c9ccccc9n%10C)o8)ccc6n7C)ccc4n5C)o3)ccc21. The quantitative estimate of drug-likeness (QED) is 0.171. The first-order valence-corrected chi connectivity index (χ1v) is 22.0. The van der Waals surface area contributed by atoms with Gasteiger partial charge < -0.3 is 27.1 Å². The number of para-hydroxylation sites is 2. The Hall–Kier alpha value is -8.76. The molecular weight excluding hydrogens is 817 g/mol. The third-order valence-corrected chi connectivity index (χ3v) is 14.0. The Balaban J connectivity index is 0.813. The lowest BCUT2D eigenvalue weighted by Gasteiger charge is -2.05. The summed E-state index contributed by atoms with van der Waals surface area (Å²) in [5, 5.41) is 27.4. The molecule has 6 heterocycles. The molecule has 0 spiro atoms. The van der Waals surface area contributed by atoms with E-state index in [0.29, 0.717) is 23.6 Å². The highest BCUT2D eigenvalue weighted by Gasteiger charge is 2.19. The summed E-state index contributed by atoms with van der Waals surface area (Å²) in [6, 6.07) is 55.8. The van der Waals surface area contributed by atoms with Crippen LogP contribution in [0, 0.1) is 0 Å². The standard InChI is InChI=1S/C56H38N8O2/c1-61-45-11-7-5-9-37(45)39-27-33(15-21-47(39)61)53-57-59-55(65-53)35-17-23-51-43(29-35)41-25-31(13-19-49(41)63(51)3)32-14-20-50-42(26-32)44-30-36(18-24-52(44)64(50)4)56-60-58-54(66-56)34-16-22-48-40(28-34)38-10-6-8-12-46(38)62(48)2/h5-30H,1-4H3. The minimum atomic E-state index is 0.484. The lowest BCUT2D eigenvalue weighted by Crippen LogP contribution is -1.87. The second kappa shape index (κ2) is 13.4. The van der Waals surface area contributed by atoms with E-state index in [-0.39, 0.29) is 0 Å². The van der Waals surface area contributed by atoms with Gasteiger partial charge in [0.25, 0.3) is 0 Å². The fourth-order valence-corrected chi connectivity index (χ4v) is 10.6. The molecule has 0 unspecified atom stereocenters. The number of nitrogens with zero attached hydrogens (tertiary/aromatic N) is 8. The Bertz CT molecular complexity index is 4080. The minimum absolute atomic E-state index is 0.484. The molecule has 0 radical (unpaired) electrons. The van der Waals surface area contributed by atoms with Crippen molar-refractivity contribution in [2.45, 2.75) is 0 Å². The summed E-state index contributed by atoms with van der Waals surface area (Å²) < 4.78 is 21.7. The van der Waals surface area contributed by atoms with Crippen LogP contribution in [0.5, 0.6) is 0 Å². The van der Waals surface area contributed by atoms with Gasteiger partial charge in [0, 0.05) is 138 Å². The average Bonchev–Trinajstić information content (AvgIpc) is 4.24. The summed E-state index contributed by atoms with van der Waals surface area (Å²) in [6.07, 6.45) is 0. The van der Waals surface area contributed by atoms with Crippen molar-refractivity contribution in [3.63, 3.8) is 0 Å². The molecule has 0 atom stereocenters. The Morgan fingerprint density at radius 1 is 0.258 bits per heavy atom. The van der Waals surface area contributed by atoms with Crippen molar-refractivity contribution >= 4 is 87.2 Å². The summed E-state index contributed by atoms with van der Waals surface area (Å²) in [7, 11) is 8.44. The molecule has 14 rings (SSSR count). The van der Waals surface area contributed by atoms with Crippen LogP contribution in [0.15, 0.2) is 167 Å². The highest BCUT2D eigenvalue weighted by Crippen LogP contribution is 2.40. The Kier molecular flexibility index (Phi) is 7.44. The normalized spacial score (nSPS) is 12.2. The smallest absolute Gasteiger partial charge is 0.248 e. The molecule has 6 aromatic heterocycles. The predicted octanol–water partition coefficient (Wildman–Crippen LogP) is 13.4. The van der Waals surface area contributed by atoms with Gasteiger partial charge in [0.2, 0.25) is 23.6 Å². The average molecular weight is 855 g/mol. The van der Waals surface area contributed by atoms with Crippen molar-refractivity contribution in [2.24, 2.45) is 28.2 Å². The van der Waals surface area contributed by atoms with Crippen molar-refractivity contribution in [1.29, 1.82) is 0 Å². The molecule has 0 aliphatic heterocycles. The lowest BCUT2D eigenvalue weighted by atomic mass is 10.00. The molecule has 66 heavy (non-hydrogen) atoms. The maximum Gasteiger partial charge on any atom is 0.248 e. The van der Waals surface area contributed by atoms with E-state index < -0.39 is 0 Å². The van der Waals surface area contributed by atoms with Gasteiger partial charge >= 0.3 is 0 Å². The van der Waals surface area contributed by atoms with E-state index >= 15 is 0 Å². The van der Waals surface area contributed by atoms with E-state index in [2.05, 4.69) is 225 Å². The van der Waals surface area contributed by atoms with Gasteiger partial charge in [0.05, 0.1) is 0 Å². The highest BCUT2D eigenvalue weighted by atomic mass is 16.4. The maximum absolute atomic E-state index is 6.40. The molecule has 314 valence electrons. The topological polar surface area (TPSA) is 97.6 Å². The maximum atomic E-state index is 6.40. The number of benzene rings is 8. The minimum Gasteiger partial charge on any atom is -0.416 e. The molecule has 0 saturated carbocycles. The molecule has 0 amide bonds. The van der Waals surface area contributed by atoms with Gasteiger partial charge in [-0.2, -0.15) is 0 Å². The Labute approximate surface area is 376 Å². The molecule has 0 saturated heterocycles. The zero-order chi connectivity index (χ0) is 43.9. The molecule has 10 nitrogen and oxygen atoms in total. The van der Waals surface area contributed by atoms with Crippen molar-refractivity contribution in [2.75, 3.05) is 0 Å². The highest BCUT2D eigenvalue weighted by molar-refractivity contribution is 6.13. The van der Waals surface area contributed by atoms with Crippen LogP contribution >= 0.6 is 0 Å². The third kappa shape index (κ3) is 5.17. The number of rotatable bonds is 5. The summed E-state index contributed by atoms with van der Waals surface area (Å²) >= 11 is 0. The van der Waals surface area contributed by atoms with E-state index in [0.717, 1.165) is 98.8 Å². The molecule has 0 aliphatic carbocycles. The summed E-state index contributed by atoms with van der Waals surface area (Å²) in [5.41, 5.74) is 15.0. The fourth-order valence-electron chi connectivity index (χ4n) is 10.6. The second-order valence-corrected chi connectivity index (χ2v) is 17.5. The van der Waals surface area contributed by atoms with Crippen LogP contribution in [0.1, 0.15) is 0 Å². The summed E-state index contributed by atoms with van der Waals surface area (Å²) in [4.78, 5) is 0. The molecule has 14 aromatic rings. The van der Waals surface area contributed by atoms with Crippen LogP contribution in [-0.2, 0) is 28.2 Å². The first-order valence-electron chi connectivity index (χ1n) is 22.0. The summed E-state index contributed by atoms with van der Waals surface area (Å²) in [5.74, 6) is 1.96. The molecule has 0 fully saturated rings. The van der Waals surface area contributed by atoms with Crippen molar-refractivity contribution < 1.29 is 8.83 Å². The number of aromatic nitrogens is 8.